The van der Waals surface area contributed by atoms with Crippen LogP contribution in [-0.4, -0.2) is 74.0 Å². The van der Waals surface area contributed by atoms with Crippen LogP contribution in [-0.2, 0) is 14.8 Å². The van der Waals surface area contributed by atoms with Crippen molar-refractivity contribution in [2.75, 3.05) is 44.4 Å². The van der Waals surface area contributed by atoms with Crippen molar-refractivity contribution < 1.29 is 13.2 Å². The highest BCUT2D eigenvalue weighted by Gasteiger charge is 2.37. The monoisotopic (exact) mass is 352 g/mol. The molecule has 0 spiro atoms. The number of nitrogens with zero attached hydrogens (tertiary/aromatic N) is 4. The number of anilines is 1. The summed E-state index contributed by atoms with van der Waals surface area (Å²) in [5.41, 5.74) is 0. The van der Waals surface area contributed by atoms with Gasteiger partial charge in [-0.2, -0.15) is 0 Å². The first-order valence-corrected chi connectivity index (χ1v) is 10.1. The van der Waals surface area contributed by atoms with Gasteiger partial charge in [-0.3, -0.25) is 4.79 Å². The van der Waals surface area contributed by atoms with Gasteiger partial charge in [0.2, 0.25) is 15.9 Å². The average Bonchev–Trinajstić information content (AvgIpc) is 2.53. The van der Waals surface area contributed by atoms with Crippen molar-refractivity contribution in [1.82, 2.24) is 14.2 Å². The molecule has 8 heteroatoms. The number of rotatable bonds is 4. The molecule has 3 rings (SSSR count). The third kappa shape index (κ3) is 3.54. The Bertz CT molecular complexity index is 681. The van der Waals surface area contributed by atoms with E-state index in [1.165, 1.54) is 10.6 Å². The van der Waals surface area contributed by atoms with Crippen LogP contribution >= 0.6 is 0 Å². The van der Waals surface area contributed by atoms with Crippen LogP contribution in [0.1, 0.15) is 12.8 Å². The molecule has 0 bridgehead atoms. The van der Waals surface area contributed by atoms with Gasteiger partial charge in [-0.25, -0.2) is 17.7 Å². The second-order valence-electron chi connectivity index (χ2n) is 6.63. The maximum absolute atomic E-state index is 12.7. The molecule has 3 heterocycles. The van der Waals surface area contributed by atoms with Crippen LogP contribution in [0.3, 0.4) is 0 Å². The minimum absolute atomic E-state index is 0.0723. The van der Waals surface area contributed by atoms with E-state index >= 15 is 0 Å². The summed E-state index contributed by atoms with van der Waals surface area (Å²) in [5, 5.41) is 0. The van der Waals surface area contributed by atoms with Gasteiger partial charge in [-0.1, -0.05) is 6.07 Å². The number of aromatic nitrogens is 1. The third-order valence-corrected chi connectivity index (χ3v) is 6.31. The number of hydrogen-bond acceptors (Lipinski definition) is 5. The predicted molar refractivity (Wildman–Crippen MR) is 92.1 cm³/mol. The van der Waals surface area contributed by atoms with E-state index in [2.05, 4.69) is 9.88 Å². The van der Waals surface area contributed by atoms with Crippen LogP contribution in [0.4, 0.5) is 5.82 Å². The number of piperidine rings is 1. The molecule has 0 radical (unpaired) electrons. The number of sulfonamides is 1. The van der Waals surface area contributed by atoms with E-state index in [4.69, 9.17) is 0 Å². The second kappa shape index (κ2) is 6.68. The van der Waals surface area contributed by atoms with E-state index in [9.17, 15) is 13.2 Å². The van der Waals surface area contributed by atoms with Crippen LogP contribution < -0.4 is 4.90 Å². The molecule has 2 fully saturated rings. The highest BCUT2D eigenvalue weighted by molar-refractivity contribution is 7.88. The number of carbonyl (C=O) groups is 1. The molecular formula is C16H24N4O3S. The lowest BCUT2D eigenvalue weighted by Crippen LogP contribution is -2.61. The Morgan fingerprint density at radius 2 is 1.92 bits per heavy atom. The zero-order valence-corrected chi connectivity index (χ0v) is 14.9. The van der Waals surface area contributed by atoms with Crippen LogP contribution in [0.5, 0.6) is 0 Å². The van der Waals surface area contributed by atoms with Crippen LogP contribution in [0, 0.1) is 5.92 Å². The molecule has 7 nitrogen and oxygen atoms in total. The van der Waals surface area contributed by atoms with Crippen molar-refractivity contribution in [3.05, 3.63) is 24.4 Å². The molecule has 1 amide bonds. The first kappa shape index (κ1) is 17.2. The Kier molecular flexibility index (Phi) is 4.78. The van der Waals surface area contributed by atoms with Crippen molar-refractivity contribution in [3.8, 4) is 0 Å². The van der Waals surface area contributed by atoms with Crippen molar-refractivity contribution >= 4 is 21.7 Å². The standard InChI is InChI=1S/C16H24N4O3S/c1-18(14-11-19(12-14)15-5-3-4-8-17-15)16(21)13-6-9-20(10-7-13)24(2,22)23/h3-5,8,13-14H,6-7,9-12H2,1-2H3. The fourth-order valence-electron chi connectivity index (χ4n) is 3.33. The van der Waals surface area contributed by atoms with E-state index < -0.39 is 10.0 Å². The minimum atomic E-state index is -3.15. The molecule has 0 atom stereocenters. The van der Waals surface area contributed by atoms with Gasteiger partial charge in [-0.15, -0.1) is 0 Å². The lowest BCUT2D eigenvalue weighted by atomic mass is 9.95. The van der Waals surface area contributed by atoms with Crippen molar-refractivity contribution in [3.63, 3.8) is 0 Å². The number of carbonyl (C=O) groups excluding carboxylic acids is 1. The van der Waals surface area contributed by atoms with Gasteiger partial charge in [0.1, 0.15) is 5.82 Å². The fraction of sp³-hybridized carbons (Fsp3) is 0.625. The Hall–Kier alpha value is -1.67. The topological polar surface area (TPSA) is 73.8 Å². The molecule has 0 saturated carbocycles. The molecule has 24 heavy (non-hydrogen) atoms. The van der Waals surface area contributed by atoms with Gasteiger partial charge in [0.05, 0.1) is 12.3 Å². The van der Waals surface area contributed by atoms with Crippen LogP contribution in [0.25, 0.3) is 0 Å². The maximum atomic E-state index is 12.7. The van der Waals surface area contributed by atoms with E-state index in [0.29, 0.717) is 25.9 Å². The number of hydrogen-bond donors (Lipinski definition) is 0. The molecular weight excluding hydrogens is 328 g/mol. The lowest BCUT2D eigenvalue weighted by Gasteiger charge is -2.45. The van der Waals surface area contributed by atoms with E-state index in [1.54, 1.807) is 6.20 Å². The molecule has 2 aliphatic heterocycles. The first-order chi connectivity index (χ1) is 11.4. The summed E-state index contributed by atoms with van der Waals surface area (Å²) in [4.78, 5) is 21.0. The summed E-state index contributed by atoms with van der Waals surface area (Å²) in [6.07, 6.45) is 4.20. The Balaban J connectivity index is 1.50. The molecule has 0 aliphatic carbocycles. The molecule has 0 unspecified atom stereocenters. The highest BCUT2D eigenvalue weighted by atomic mass is 32.2. The summed E-state index contributed by atoms with van der Waals surface area (Å²) in [7, 11) is -1.30. The number of amides is 1. The Morgan fingerprint density at radius 3 is 2.46 bits per heavy atom. The summed E-state index contributed by atoms with van der Waals surface area (Å²) in [5.74, 6) is 1.00. The van der Waals surface area contributed by atoms with Gasteiger partial charge in [0, 0.05) is 45.3 Å². The normalized spacial score (nSPS) is 20.7. The molecule has 132 valence electrons. The maximum Gasteiger partial charge on any atom is 0.225 e. The van der Waals surface area contributed by atoms with Crippen LogP contribution in [0.15, 0.2) is 24.4 Å². The fourth-order valence-corrected chi connectivity index (χ4v) is 4.20. The first-order valence-electron chi connectivity index (χ1n) is 8.24. The molecule has 2 aliphatic rings. The second-order valence-corrected chi connectivity index (χ2v) is 8.61. The third-order valence-electron chi connectivity index (χ3n) is 5.00. The Labute approximate surface area is 143 Å². The van der Waals surface area contributed by atoms with E-state index in [0.717, 1.165) is 18.9 Å². The molecule has 2 saturated heterocycles. The van der Waals surface area contributed by atoms with Gasteiger partial charge in [0.15, 0.2) is 0 Å². The summed E-state index contributed by atoms with van der Waals surface area (Å²) in [6.45, 7) is 2.46. The summed E-state index contributed by atoms with van der Waals surface area (Å²) in [6, 6.07) is 6.02. The average molecular weight is 352 g/mol. The van der Waals surface area contributed by atoms with Crippen LogP contribution in [0.2, 0.25) is 0 Å². The summed E-state index contributed by atoms with van der Waals surface area (Å²) < 4.78 is 24.6. The molecule has 1 aromatic heterocycles. The SMILES string of the molecule is CN(C(=O)C1CCN(S(C)(=O)=O)CC1)C1CN(c2ccccn2)C1. The molecule has 0 aromatic carbocycles. The van der Waals surface area contributed by atoms with E-state index in [1.807, 2.05) is 30.1 Å². The summed E-state index contributed by atoms with van der Waals surface area (Å²) >= 11 is 0. The number of pyridine rings is 1. The highest BCUT2D eigenvalue weighted by Crippen LogP contribution is 2.25. The van der Waals surface area contributed by atoms with E-state index in [-0.39, 0.29) is 17.9 Å². The zero-order chi connectivity index (χ0) is 17.3. The van der Waals surface area contributed by atoms with Gasteiger partial charge < -0.3 is 9.80 Å². The molecule has 1 aromatic rings. The largest absolute Gasteiger partial charge is 0.352 e. The quantitative estimate of drug-likeness (QED) is 0.784. The van der Waals surface area contributed by atoms with Crippen molar-refractivity contribution in [2.45, 2.75) is 18.9 Å². The van der Waals surface area contributed by atoms with Crippen molar-refractivity contribution in [1.29, 1.82) is 0 Å². The lowest BCUT2D eigenvalue weighted by molar-refractivity contribution is -0.138. The Morgan fingerprint density at radius 1 is 1.25 bits per heavy atom. The van der Waals surface area contributed by atoms with Gasteiger partial charge in [0.25, 0.3) is 0 Å². The van der Waals surface area contributed by atoms with Gasteiger partial charge in [-0.05, 0) is 25.0 Å². The van der Waals surface area contributed by atoms with Crippen molar-refractivity contribution in [2.24, 2.45) is 5.92 Å². The zero-order valence-electron chi connectivity index (χ0n) is 14.1. The minimum Gasteiger partial charge on any atom is -0.352 e. The molecule has 0 N–H and O–H groups in total. The smallest absolute Gasteiger partial charge is 0.225 e. The van der Waals surface area contributed by atoms with Gasteiger partial charge >= 0.3 is 0 Å². The predicted octanol–water partition coefficient (Wildman–Crippen LogP) is 0.400. The number of likely N-dealkylation sites (N-methyl/N-ethyl adjacent to an activating group) is 1.